The third-order valence-corrected chi connectivity index (χ3v) is 5.90. The number of aliphatic hydroxyl groups excluding tert-OH is 2. The molecule has 2 unspecified atom stereocenters. The molecule has 0 saturated carbocycles. The molecule has 2 atom stereocenters. The largest absolute Gasteiger partial charge is 0.399 e. The number of nitrogens with two attached hydrogens (primary N) is 1. The molecule has 0 fully saturated rings. The lowest BCUT2D eigenvalue weighted by molar-refractivity contribution is -0.0900. The van der Waals surface area contributed by atoms with Crippen molar-refractivity contribution in [1.29, 1.82) is 0 Å². The van der Waals surface area contributed by atoms with Crippen molar-refractivity contribution in [1.82, 2.24) is 4.90 Å². The number of aliphatic hydroxyl groups is 2. The standard InChI is InChI=1S/C20H18ClN3O3S/c21-16-8-7-15(28-16)18(25)23-14-6-2-5-13-17(14)20(27)24(19(13)26)10-11-3-1-4-12(22)9-11/h1-9,19-20,26-27H,10,22H2,(H,23,25). The highest BCUT2D eigenvalue weighted by atomic mass is 35.5. The molecule has 28 heavy (non-hydrogen) atoms. The first-order chi connectivity index (χ1) is 13.4. The van der Waals surface area contributed by atoms with Crippen molar-refractivity contribution in [2.24, 2.45) is 0 Å². The van der Waals surface area contributed by atoms with Crippen LogP contribution in [0.1, 0.15) is 38.8 Å². The van der Waals surface area contributed by atoms with Crippen LogP contribution in [0.25, 0.3) is 0 Å². The second kappa shape index (κ2) is 7.54. The molecule has 2 heterocycles. The maximum absolute atomic E-state index is 12.5. The van der Waals surface area contributed by atoms with Gasteiger partial charge in [-0.05, 0) is 35.9 Å². The minimum atomic E-state index is -1.07. The van der Waals surface area contributed by atoms with E-state index in [2.05, 4.69) is 5.32 Å². The van der Waals surface area contributed by atoms with Gasteiger partial charge in [0.1, 0.15) is 12.5 Å². The van der Waals surface area contributed by atoms with Crippen LogP contribution in [0.5, 0.6) is 0 Å². The molecule has 144 valence electrons. The van der Waals surface area contributed by atoms with Gasteiger partial charge in [-0.2, -0.15) is 0 Å². The van der Waals surface area contributed by atoms with E-state index >= 15 is 0 Å². The lowest BCUT2D eigenvalue weighted by atomic mass is 10.1. The zero-order chi connectivity index (χ0) is 19.8. The van der Waals surface area contributed by atoms with Gasteiger partial charge in [-0.1, -0.05) is 35.9 Å². The number of nitrogens with one attached hydrogen (secondary N) is 1. The van der Waals surface area contributed by atoms with E-state index in [0.29, 0.717) is 38.3 Å². The summed E-state index contributed by atoms with van der Waals surface area (Å²) in [5, 5.41) is 24.4. The van der Waals surface area contributed by atoms with Gasteiger partial charge in [0.15, 0.2) is 0 Å². The average molecular weight is 416 g/mol. The third kappa shape index (κ3) is 3.50. The predicted octanol–water partition coefficient (Wildman–Crippen LogP) is 3.73. The van der Waals surface area contributed by atoms with Crippen LogP contribution in [0, 0.1) is 0 Å². The average Bonchev–Trinajstić information content (AvgIpc) is 3.20. The van der Waals surface area contributed by atoms with Gasteiger partial charge < -0.3 is 21.3 Å². The molecule has 6 nitrogen and oxygen atoms in total. The van der Waals surface area contributed by atoms with Gasteiger partial charge >= 0.3 is 0 Å². The van der Waals surface area contributed by atoms with E-state index in [1.165, 1.54) is 16.2 Å². The van der Waals surface area contributed by atoms with E-state index in [9.17, 15) is 15.0 Å². The highest BCUT2D eigenvalue weighted by Gasteiger charge is 2.38. The summed E-state index contributed by atoms with van der Waals surface area (Å²) >= 11 is 7.07. The normalized spacial score (nSPS) is 18.8. The summed E-state index contributed by atoms with van der Waals surface area (Å²) in [4.78, 5) is 14.5. The van der Waals surface area contributed by atoms with Crippen LogP contribution in [0.4, 0.5) is 11.4 Å². The zero-order valence-corrected chi connectivity index (χ0v) is 16.2. The van der Waals surface area contributed by atoms with E-state index in [1.807, 2.05) is 12.1 Å². The number of rotatable bonds is 4. The number of nitrogens with zero attached hydrogens (tertiary/aromatic N) is 1. The highest BCUT2D eigenvalue weighted by Crippen LogP contribution is 2.44. The molecule has 4 rings (SSSR count). The van der Waals surface area contributed by atoms with Gasteiger partial charge in [-0.3, -0.25) is 4.79 Å². The predicted molar refractivity (Wildman–Crippen MR) is 110 cm³/mol. The van der Waals surface area contributed by atoms with Crippen molar-refractivity contribution in [2.45, 2.75) is 19.0 Å². The minimum absolute atomic E-state index is 0.302. The molecular formula is C20H18ClN3O3S. The summed E-state index contributed by atoms with van der Waals surface area (Å²) in [6.45, 7) is 0.302. The number of hydrogen-bond donors (Lipinski definition) is 4. The first kappa shape index (κ1) is 18.9. The van der Waals surface area contributed by atoms with Gasteiger partial charge in [0.05, 0.1) is 9.21 Å². The molecule has 8 heteroatoms. The summed E-state index contributed by atoms with van der Waals surface area (Å²) < 4.78 is 0.521. The van der Waals surface area contributed by atoms with E-state index in [1.54, 1.807) is 42.5 Å². The Kier molecular flexibility index (Phi) is 5.09. The van der Waals surface area contributed by atoms with E-state index in [0.717, 1.165) is 5.56 Å². The topological polar surface area (TPSA) is 98.8 Å². The summed E-state index contributed by atoms with van der Waals surface area (Å²) in [5.41, 5.74) is 8.79. The number of fused-ring (bicyclic) bond motifs is 1. The van der Waals surface area contributed by atoms with Crippen LogP contribution in [0.3, 0.4) is 0 Å². The number of thiophene rings is 1. The van der Waals surface area contributed by atoms with Gasteiger partial charge in [0.2, 0.25) is 0 Å². The molecule has 1 aliphatic heterocycles. The fourth-order valence-electron chi connectivity index (χ4n) is 3.38. The molecule has 1 amide bonds. The number of anilines is 2. The van der Waals surface area contributed by atoms with Gasteiger partial charge in [0, 0.05) is 29.0 Å². The van der Waals surface area contributed by atoms with Gasteiger partial charge in [0.25, 0.3) is 5.91 Å². The number of halogens is 1. The number of amides is 1. The van der Waals surface area contributed by atoms with Crippen molar-refractivity contribution in [3.05, 3.63) is 80.5 Å². The molecule has 2 aromatic carbocycles. The SMILES string of the molecule is Nc1cccc(CN2C(O)c3cccc(NC(=O)c4ccc(Cl)s4)c3C2O)c1. The molecule has 3 aromatic rings. The van der Waals surface area contributed by atoms with Gasteiger partial charge in [-0.15, -0.1) is 11.3 Å². The highest BCUT2D eigenvalue weighted by molar-refractivity contribution is 7.18. The molecule has 1 aromatic heterocycles. The van der Waals surface area contributed by atoms with Crippen LogP contribution in [-0.2, 0) is 6.54 Å². The fraction of sp³-hybridized carbons (Fsp3) is 0.150. The van der Waals surface area contributed by atoms with Crippen molar-refractivity contribution in [3.63, 3.8) is 0 Å². The summed E-state index contributed by atoms with van der Waals surface area (Å²) in [7, 11) is 0. The Morgan fingerprint density at radius 3 is 2.64 bits per heavy atom. The second-order valence-electron chi connectivity index (χ2n) is 6.53. The quantitative estimate of drug-likeness (QED) is 0.486. The Balaban J connectivity index is 1.61. The Labute approximate surface area is 170 Å². The summed E-state index contributed by atoms with van der Waals surface area (Å²) in [6, 6.07) is 15.7. The molecule has 0 aliphatic carbocycles. The number of hydrogen-bond acceptors (Lipinski definition) is 6. The Morgan fingerprint density at radius 1 is 1.14 bits per heavy atom. The monoisotopic (exact) mass is 415 g/mol. The number of nitrogen functional groups attached to an aromatic ring is 1. The van der Waals surface area contributed by atoms with E-state index in [-0.39, 0.29) is 5.91 Å². The summed E-state index contributed by atoms with van der Waals surface area (Å²) in [5.74, 6) is -0.318. The van der Waals surface area contributed by atoms with E-state index in [4.69, 9.17) is 17.3 Å². The van der Waals surface area contributed by atoms with E-state index < -0.39 is 12.5 Å². The Bertz CT molecular complexity index is 1040. The van der Waals surface area contributed by atoms with Crippen molar-refractivity contribution >= 4 is 40.2 Å². The Morgan fingerprint density at radius 2 is 1.93 bits per heavy atom. The molecular weight excluding hydrogens is 398 g/mol. The molecule has 0 saturated heterocycles. The number of benzene rings is 2. The van der Waals surface area contributed by atoms with Crippen LogP contribution in [0.15, 0.2) is 54.6 Å². The smallest absolute Gasteiger partial charge is 0.265 e. The number of carbonyl (C=O) groups is 1. The molecule has 0 radical (unpaired) electrons. The zero-order valence-electron chi connectivity index (χ0n) is 14.7. The summed E-state index contributed by atoms with van der Waals surface area (Å²) in [6.07, 6.45) is -2.07. The van der Waals surface area contributed by atoms with Crippen molar-refractivity contribution in [3.8, 4) is 0 Å². The first-order valence-corrected chi connectivity index (χ1v) is 9.79. The van der Waals surface area contributed by atoms with Crippen molar-refractivity contribution < 1.29 is 15.0 Å². The van der Waals surface area contributed by atoms with Crippen LogP contribution in [-0.4, -0.2) is 21.0 Å². The first-order valence-electron chi connectivity index (χ1n) is 8.60. The number of carbonyl (C=O) groups excluding carboxylic acids is 1. The molecule has 0 spiro atoms. The third-order valence-electron chi connectivity index (χ3n) is 4.67. The second-order valence-corrected chi connectivity index (χ2v) is 8.25. The molecule has 0 bridgehead atoms. The van der Waals surface area contributed by atoms with Gasteiger partial charge in [-0.25, -0.2) is 4.90 Å². The maximum atomic E-state index is 12.5. The van der Waals surface area contributed by atoms with Crippen LogP contribution in [0.2, 0.25) is 4.34 Å². The van der Waals surface area contributed by atoms with Crippen LogP contribution < -0.4 is 11.1 Å². The molecule has 1 aliphatic rings. The van der Waals surface area contributed by atoms with Crippen LogP contribution >= 0.6 is 22.9 Å². The fourth-order valence-corrected chi connectivity index (χ4v) is 4.32. The minimum Gasteiger partial charge on any atom is -0.399 e. The Hall–Kier alpha value is -2.42. The molecule has 5 N–H and O–H groups in total. The lowest BCUT2D eigenvalue weighted by Crippen LogP contribution is -2.26. The van der Waals surface area contributed by atoms with Crippen molar-refractivity contribution in [2.75, 3.05) is 11.1 Å². The lowest BCUT2D eigenvalue weighted by Gasteiger charge is -2.24. The maximum Gasteiger partial charge on any atom is 0.265 e.